The molecule has 1 aromatic rings. The molecule has 2 N–H and O–H groups in total. The molecule has 0 aromatic carbocycles. The van der Waals surface area contributed by atoms with E-state index >= 15 is 0 Å². The van der Waals surface area contributed by atoms with Crippen LogP contribution in [0, 0.1) is 5.92 Å². The van der Waals surface area contributed by atoms with E-state index < -0.39 is 11.9 Å². The van der Waals surface area contributed by atoms with Crippen molar-refractivity contribution in [3.8, 4) is 0 Å². The van der Waals surface area contributed by atoms with Crippen molar-refractivity contribution in [3.05, 3.63) is 10.6 Å². The molecule has 110 valence electrons. The lowest BCUT2D eigenvalue weighted by atomic mass is 9.95. The number of aromatic nitrogens is 1. The Morgan fingerprint density at radius 2 is 2.30 bits per heavy atom. The van der Waals surface area contributed by atoms with Crippen LogP contribution in [-0.2, 0) is 11.2 Å². The van der Waals surface area contributed by atoms with Gasteiger partial charge in [-0.2, -0.15) is 0 Å². The number of nitrogens with zero attached hydrogens (tertiary/aromatic N) is 2. The second kappa shape index (κ2) is 5.69. The molecule has 20 heavy (non-hydrogen) atoms. The molecule has 2 atom stereocenters. The molecule has 1 saturated heterocycles. The van der Waals surface area contributed by atoms with Crippen molar-refractivity contribution < 1.29 is 15.0 Å². The Morgan fingerprint density at radius 3 is 3.05 bits per heavy atom. The first-order valence-corrected chi connectivity index (χ1v) is 8.09. The lowest BCUT2D eigenvalue weighted by Crippen LogP contribution is -2.35. The third-order valence-corrected chi connectivity index (χ3v) is 5.52. The number of rotatable bonds is 4. The molecule has 1 fully saturated rings. The number of aliphatic hydroxyl groups excluding tert-OH is 1. The van der Waals surface area contributed by atoms with Crippen LogP contribution in [0.5, 0.6) is 0 Å². The highest BCUT2D eigenvalue weighted by molar-refractivity contribution is 7.15. The number of aliphatic hydroxyl groups is 1. The van der Waals surface area contributed by atoms with E-state index in [-0.39, 0.29) is 6.61 Å². The standard InChI is InChI=1S/C14H20N2O3S/c17-7-5-9-2-1-6-16(8-9)14-15-12-10(13(18)19)3-4-11(12)20-14/h9-10,17H,1-8H2,(H,18,19). The van der Waals surface area contributed by atoms with Crippen LogP contribution in [0.4, 0.5) is 5.13 Å². The van der Waals surface area contributed by atoms with Crippen molar-refractivity contribution in [3.63, 3.8) is 0 Å². The third-order valence-electron chi connectivity index (χ3n) is 4.33. The maximum Gasteiger partial charge on any atom is 0.312 e. The first-order valence-electron chi connectivity index (χ1n) is 7.27. The zero-order chi connectivity index (χ0) is 14.1. The average Bonchev–Trinajstić information content (AvgIpc) is 2.98. The fourth-order valence-corrected chi connectivity index (χ4v) is 4.42. The van der Waals surface area contributed by atoms with Gasteiger partial charge in [0.15, 0.2) is 5.13 Å². The van der Waals surface area contributed by atoms with Crippen LogP contribution in [0.15, 0.2) is 0 Å². The van der Waals surface area contributed by atoms with Crippen LogP contribution in [0.3, 0.4) is 0 Å². The van der Waals surface area contributed by atoms with Gasteiger partial charge in [-0.15, -0.1) is 11.3 Å². The lowest BCUT2D eigenvalue weighted by Gasteiger charge is -2.32. The molecular formula is C14H20N2O3S. The highest BCUT2D eigenvalue weighted by Gasteiger charge is 2.33. The van der Waals surface area contributed by atoms with Gasteiger partial charge >= 0.3 is 5.97 Å². The van der Waals surface area contributed by atoms with Crippen molar-refractivity contribution in [2.75, 3.05) is 24.6 Å². The smallest absolute Gasteiger partial charge is 0.312 e. The number of aryl methyl sites for hydroxylation is 1. The van der Waals surface area contributed by atoms with Crippen molar-refractivity contribution >= 4 is 22.4 Å². The molecule has 2 aliphatic rings. The van der Waals surface area contributed by atoms with Gasteiger partial charge in [-0.1, -0.05) is 0 Å². The number of carboxylic acids is 1. The van der Waals surface area contributed by atoms with Gasteiger partial charge in [0.05, 0.1) is 5.69 Å². The summed E-state index contributed by atoms with van der Waals surface area (Å²) in [7, 11) is 0. The SMILES string of the molecule is O=C(O)C1CCc2sc(N3CCCC(CCO)C3)nc21. The molecule has 1 aliphatic carbocycles. The van der Waals surface area contributed by atoms with E-state index in [9.17, 15) is 9.90 Å². The van der Waals surface area contributed by atoms with Crippen molar-refractivity contribution in [1.82, 2.24) is 4.98 Å². The summed E-state index contributed by atoms with van der Waals surface area (Å²) in [5.74, 6) is -0.631. The molecule has 2 unspecified atom stereocenters. The van der Waals surface area contributed by atoms with E-state index in [4.69, 9.17) is 5.11 Å². The summed E-state index contributed by atoms with van der Waals surface area (Å²) in [4.78, 5) is 19.2. The molecule has 5 nitrogen and oxygen atoms in total. The van der Waals surface area contributed by atoms with E-state index in [0.717, 1.165) is 48.1 Å². The van der Waals surface area contributed by atoms with Gasteiger partial charge < -0.3 is 15.1 Å². The Morgan fingerprint density at radius 1 is 1.45 bits per heavy atom. The number of anilines is 1. The third kappa shape index (κ3) is 2.54. The summed E-state index contributed by atoms with van der Waals surface area (Å²) in [5, 5.41) is 19.3. The quantitative estimate of drug-likeness (QED) is 0.887. The Labute approximate surface area is 122 Å². The summed E-state index contributed by atoms with van der Waals surface area (Å²) in [5.41, 5.74) is 0.793. The molecular weight excluding hydrogens is 276 g/mol. The van der Waals surface area contributed by atoms with E-state index in [0.29, 0.717) is 12.3 Å². The van der Waals surface area contributed by atoms with E-state index in [1.54, 1.807) is 11.3 Å². The van der Waals surface area contributed by atoms with Crippen LogP contribution in [0.2, 0.25) is 0 Å². The highest BCUT2D eigenvalue weighted by Crippen LogP contribution is 2.40. The molecule has 1 aliphatic heterocycles. The van der Waals surface area contributed by atoms with E-state index in [2.05, 4.69) is 9.88 Å². The molecule has 2 heterocycles. The minimum atomic E-state index is -0.752. The highest BCUT2D eigenvalue weighted by atomic mass is 32.1. The van der Waals surface area contributed by atoms with Gasteiger partial charge in [0.1, 0.15) is 5.92 Å². The number of carbonyl (C=O) groups is 1. The summed E-state index contributed by atoms with van der Waals surface area (Å²) in [6.07, 6.45) is 4.67. The Hall–Kier alpha value is -1.14. The molecule has 1 aromatic heterocycles. The second-order valence-corrected chi connectivity index (χ2v) is 6.76. The van der Waals surface area contributed by atoms with Gasteiger partial charge in [-0.05, 0) is 38.0 Å². The number of piperidine rings is 1. The topological polar surface area (TPSA) is 73.7 Å². The van der Waals surface area contributed by atoms with Gasteiger partial charge in [-0.25, -0.2) is 4.98 Å². The van der Waals surface area contributed by atoms with Crippen molar-refractivity contribution in [2.45, 2.75) is 38.0 Å². The van der Waals surface area contributed by atoms with Crippen LogP contribution in [0.25, 0.3) is 0 Å². The number of carboxylic acid groups (broad SMARTS) is 1. The number of aliphatic carboxylic acids is 1. The molecule has 3 rings (SSSR count). The van der Waals surface area contributed by atoms with Crippen LogP contribution < -0.4 is 4.90 Å². The van der Waals surface area contributed by atoms with Crippen LogP contribution in [-0.4, -0.2) is 40.9 Å². The second-order valence-electron chi connectivity index (χ2n) is 5.70. The monoisotopic (exact) mass is 296 g/mol. The van der Waals surface area contributed by atoms with Crippen molar-refractivity contribution in [1.29, 1.82) is 0 Å². The summed E-state index contributed by atoms with van der Waals surface area (Å²) >= 11 is 1.66. The Bertz CT molecular complexity index is 501. The fraction of sp³-hybridized carbons (Fsp3) is 0.714. The minimum absolute atomic E-state index is 0.244. The summed E-state index contributed by atoms with van der Waals surface area (Å²) < 4.78 is 0. The number of hydrogen-bond donors (Lipinski definition) is 2. The Balaban J connectivity index is 1.75. The minimum Gasteiger partial charge on any atom is -0.481 e. The maximum atomic E-state index is 11.2. The number of fused-ring (bicyclic) bond motifs is 1. The van der Waals surface area contributed by atoms with Gasteiger partial charge in [0, 0.05) is 24.6 Å². The number of thiazole rings is 1. The van der Waals surface area contributed by atoms with Gasteiger partial charge in [-0.3, -0.25) is 4.79 Å². The molecule has 0 saturated carbocycles. The molecule has 0 amide bonds. The average molecular weight is 296 g/mol. The van der Waals surface area contributed by atoms with Gasteiger partial charge in [0.2, 0.25) is 0 Å². The maximum absolute atomic E-state index is 11.2. The Kier molecular flexibility index (Phi) is 3.94. The fourth-order valence-electron chi connectivity index (χ4n) is 3.25. The predicted octanol–water partition coefficient (Wildman–Crippen LogP) is 1.86. The molecule has 0 bridgehead atoms. The predicted molar refractivity (Wildman–Crippen MR) is 77.5 cm³/mol. The zero-order valence-corrected chi connectivity index (χ0v) is 12.2. The van der Waals surface area contributed by atoms with Crippen LogP contribution in [0.1, 0.15) is 42.2 Å². The van der Waals surface area contributed by atoms with E-state index in [1.807, 2.05) is 0 Å². The van der Waals surface area contributed by atoms with E-state index in [1.165, 1.54) is 6.42 Å². The first-order chi connectivity index (χ1) is 9.69. The van der Waals surface area contributed by atoms with Crippen LogP contribution >= 0.6 is 11.3 Å². The number of hydrogen-bond acceptors (Lipinski definition) is 5. The molecule has 6 heteroatoms. The summed E-state index contributed by atoms with van der Waals surface area (Å²) in [6.45, 7) is 2.17. The van der Waals surface area contributed by atoms with Crippen molar-refractivity contribution in [2.24, 2.45) is 5.92 Å². The first kappa shape index (κ1) is 13.8. The largest absolute Gasteiger partial charge is 0.481 e. The zero-order valence-electron chi connectivity index (χ0n) is 11.4. The summed E-state index contributed by atoms with van der Waals surface area (Å²) in [6, 6.07) is 0. The van der Waals surface area contributed by atoms with Gasteiger partial charge in [0.25, 0.3) is 0 Å². The normalized spacial score (nSPS) is 25.8. The molecule has 0 radical (unpaired) electrons. The molecule has 0 spiro atoms. The lowest BCUT2D eigenvalue weighted by molar-refractivity contribution is -0.138.